The SMILES string of the molecule is CNc1cccc(N(CC(N)=O)C2CCCC2)c1[N+](=O)[O-]. The highest BCUT2D eigenvalue weighted by molar-refractivity contribution is 5.84. The summed E-state index contributed by atoms with van der Waals surface area (Å²) < 4.78 is 0. The molecule has 7 nitrogen and oxygen atoms in total. The molecular formula is C14H20N4O3. The molecule has 21 heavy (non-hydrogen) atoms. The molecule has 1 fully saturated rings. The van der Waals surface area contributed by atoms with Crippen LogP contribution >= 0.6 is 0 Å². The van der Waals surface area contributed by atoms with E-state index >= 15 is 0 Å². The first kappa shape index (κ1) is 15.1. The molecule has 0 radical (unpaired) electrons. The molecule has 114 valence electrons. The lowest BCUT2D eigenvalue weighted by atomic mass is 10.1. The number of carbonyl (C=O) groups excluding carboxylic acids is 1. The summed E-state index contributed by atoms with van der Waals surface area (Å²) in [6.07, 6.45) is 3.99. The first-order chi connectivity index (χ1) is 10.0. The lowest BCUT2D eigenvalue weighted by Gasteiger charge is -2.29. The summed E-state index contributed by atoms with van der Waals surface area (Å²) in [5, 5.41) is 14.3. The summed E-state index contributed by atoms with van der Waals surface area (Å²) in [6.45, 7) is -0.00132. The minimum absolute atomic E-state index is 0.00132. The predicted octanol–water partition coefficient (Wildman–Crippen LogP) is 1.87. The van der Waals surface area contributed by atoms with Gasteiger partial charge in [-0.3, -0.25) is 14.9 Å². The molecule has 0 aromatic heterocycles. The maximum absolute atomic E-state index is 11.4. The van der Waals surface area contributed by atoms with Gasteiger partial charge in [-0.15, -0.1) is 0 Å². The van der Waals surface area contributed by atoms with Gasteiger partial charge in [0.25, 0.3) is 0 Å². The summed E-state index contributed by atoms with van der Waals surface area (Å²) >= 11 is 0. The molecule has 0 saturated heterocycles. The van der Waals surface area contributed by atoms with Crippen molar-refractivity contribution in [3.8, 4) is 0 Å². The Bertz CT molecular complexity index is 541. The molecule has 0 spiro atoms. The third kappa shape index (κ3) is 3.24. The Labute approximate surface area is 123 Å². The molecular weight excluding hydrogens is 272 g/mol. The Hall–Kier alpha value is -2.31. The van der Waals surface area contributed by atoms with Gasteiger partial charge in [0.1, 0.15) is 11.4 Å². The first-order valence-corrected chi connectivity index (χ1v) is 7.04. The van der Waals surface area contributed by atoms with E-state index in [0.29, 0.717) is 11.4 Å². The quantitative estimate of drug-likeness (QED) is 0.615. The number of nitrogens with one attached hydrogen (secondary N) is 1. The Balaban J connectivity index is 2.47. The van der Waals surface area contributed by atoms with Crippen molar-refractivity contribution in [2.24, 2.45) is 5.73 Å². The summed E-state index contributed by atoms with van der Waals surface area (Å²) in [5.74, 6) is -0.481. The second kappa shape index (κ2) is 6.43. The molecule has 0 bridgehead atoms. The van der Waals surface area contributed by atoms with E-state index in [2.05, 4.69) is 5.32 Å². The molecule has 0 heterocycles. The normalized spacial score (nSPS) is 14.9. The van der Waals surface area contributed by atoms with Crippen molar-refractivity contribution in [3.63, 3.8) is 0 Å². The minimum atomic E-state index is -0.481. The topological polar surface area (TPSA) is 102 Å². The summed E-state index contributed by atoms with van der Waals surface area (Å²) in [4.78, 5) is 24.2. The second-order valence-electron chi connectivity index (χ2n) is 5.21. The van der Waals surface area contributed by atoms with Gasteiger partial charge in [0.15, 0.2) is 0 Å². The average molecular weight is 292 g/mol. The van der Waals surface area contributed by atoms with Crippen LogP contribution in [-0.4, -0.2) is 30.5 Å². The molecule has 2 rings (SSSR count). The number of benzene rings is 1. The second-order valence-corrected chi connectivity index (χ2v) is 5.21. The highest BCUT2D eigenvalue weighted by Gasteiger charge is 2.30. The number of primary amides is 1. The minimum Gasteiger partial charge on any atom is -0.382 e. The van der Waals surface area contributed by atoms with Gasteiger partial charge in [-0.25, -0.2) is 0 Å². The van der Waals surface area contributed by atoms with Gasteiger partial charge < -0.3 is 16.0 Å². The van der Waals surface area contributed by atoms with Gasteiger partial charge >= 0.3 is 5.69 Å². The monoisotopic (exact) mass is 292 g/mol. The fraction of sp³-hybridized carbons (Fsp3) is 0.500. The summed E-state index contributed by atoms with van der Waals surface area (Å²) in [7, 11) is 1.64. The van der Waals surface area contributed by atoms with Crippen LogP contribution in [0.25, 0.3) is 0 Å². The molecule has 0 atom stereocenters. The van der Waals surface area contributed by atoms with Crippen LogP contribution in [0.4, 0.5) is 17.1 Å². The van der Waals surface area contributed by atoms with Crippen molar-refractivity contribution in [1.29, 1.82) is 0 Å². The Morgan fingerprint density at radius 2 is 2.14 bits per heavy atom. The van der Waals surface area contributed by atoms with E-state index in [1.807, 2.05) is 0 Å². The lowest BCUT2D eigenvalue weighted by Crippen LogP contribution is -2.40. The molecule has 1 saturated carbocycles. The number of hydrogen-bond donors (Lipinski definition) is 2. The van der Waals surface area contributed by atoms with E-state index in [9.17, 15) is 14.9 Å². The third-order valence-electron chi connectivity index (χ3n) is 3.87. The zero-order valence-electron chi connectivity index (χ0n) is 12.0. The van der Waals surface area contributed by atoms with Gasteiger partial charge in [0, 0.05) is 13.1 Å². The zero-order chi connectivity index (χ0) is 15.4. The first-order valence-electron chi connectivity index (χ1n) is 7.04. The zero-order valence-corrected chi connectivity index (χ0v) is 12.0. The number of carbonyl (C=O) groups is 1. The number of nitro benzene ring substituents is 1. The van der Waals surface area contributed by atoms with Crippen molar-refractivity contribution < 1.29 is 9.72 Å². The van der Waals surface area contributed by atoms with Crippen LogP contribution in [-0.2, 0) is 4.79 Å². The Morgan fingerprint density at radius 3 is 2.67 bits per heavy atom. The molecule has 1 aromatic carbocycles. The van der Waals surface area contributed by atoms with Crippen molar-refractivity contribution in [1.82, 2.24) is 0 Å². The molecule has 0 aliphatic heterocycles. The number of rotatable bonds is 6. The summed E-state index contributed by atoms with van der Waals surface area (Å²) in [6, 6.07) is 5.21. The van der Waals surface area contributed by atoms with Crippen molar-refractivity contribution in [2.45, 2.75) is 31.7 Å². The van der Waals surface area contributed by atoms with E-state index in [4.69, 9.17) is 5.73 Å². The van der Waals surface area contributed by atoms with Crippen LogP contribution < -0.4 is 16.0 Å². The number of nitrogens with two attached hydrogens (primary N) is 1. The van der Waals surface area contributed by atoms with Gasteiger partial charge in [0.2, 0.25) is 5.91 Å². The number of anilines is 2. The van der Waals surface area contributed by atoms with Gasteiger partial charge in [-0.2, -0.15) is 0 Å². The number of para-hydroxylation sites is 1. The molecule has 1 aliphatic carbocycles. The molecule has 7 heteroatoms. The van der Waals surface area contributed by atoms with E-state index in [1.165, 1.54) is 0 Å². The van der Waals surface area contributed by atoms with Crippen LogP contribution in [0.1, 0.15) is 25.7 Å². The molecule has 1 amide bonds. The Kier molecular flexibility index (Phi) is 4.62. The van der Waals surface area contributed by atoms with Crippen LogP contribution in [0.5, 0.6) is 0 Å². The average Bonchev–Trinajstić information content (AvgIpc) is 2.97. The largest absolute Gasteiger partial charge is 0.382 e. The number of nitrogens with zero attached hydrogens (tertiary/aromatic N) is 2. The number of hydrogen-bond acceptors (Lipinski definition) is 5. The smallest absolute Gasteiger partial charge is 0.315 e. The number of amides is 1. The van der Waals surface area contributed by atoms with Crippen LogP contribution in [0, 0.1) is 10.1 Å². The van der Waals surface area contributed by atoms with Crippen molar-refractivity contribution >= 4 is 23.0 Å². The highest BCUT2D eigenvalue weighted by Crippen LogP contribution is 2.38. The van der Waals surface area contributed by atoms with Crippen LogP contribution in [0.3, 0.4) is 0 Å². The van der Waals surface area contributed by atoms with E-state index < -0.39 is 10.8 Å². The molecule has 1 aliphatic rings. The van der Waals surface area contributed by atoms with E-state index in [1.54, 1.807) is 30.1 Å². The van der Waals surface area contributed by atoms with Crippen molar-refractivity contribution in [2.75, 3.05) is 23.8 Å². The van der Waals surface area contributed by atoms with E-state index in [0.717, 1.165) is 25.7 Å². The summed E-state index contributed by atoms with van der Waals surface area (Å²) in [5.41, 5.74) is 6.21. The standard InChI is InChI=1S/C14H20N4O3/c1-16-11-7-4-8-12(14(11)18(20)21)17(9-13(15)19)10-5-2-3-6-10/h4,7-8,10,16H,2-3,5-6,9H2,1H3,(H2,15,19). The predicted molar refractivity (Wildman–Crippen MR) is 81.4 cm³/mol. The van der Waals surface area contributed by atoms with Gasteiger partial charge in [-0.1, -0.05) is 18.9 Å². The third-order valence-corrected chi connectivity index (χ3v) is 3.87. The highest BCUT2D eigenvalue weighted by atomic mass is 16.6. The fourth-order valence-electron chi connectivity index (χ4n) is 2.95. The van der Waals surface area contributed by atoms with E-state index in [-0.39, 0.29) is 18.3 Å². The maximum atomic E-state index is 11.4. The van der Waals surface area contributed by atoms with Crippen molar-refractivity contribution in [3.05, 3.63) is 28.3 Å². The van der Waals surface area contributed by atoms with Crippen LogP contribution in [0.15, 0.2) is 18.2 Å². The fourth-order valence-corrected chi connectivity index (χ4v) is 2.95. The molecule has 0 unspecified atom stereocenters. The van der Waals surface area contributed by atoms with Gasteiger partial charge in [0.05, 0.1) is 11.5 Å². The Morgan fingerprint density at radius 1 is 1.48 bits per heavy atom. The van der Waals surface area contributed by atoms with Crippen LogP contribution in [0.2, 0.25) is 0 Å². The lowest BCUT2D eigenvalue weighted by molar-refractivity contribution is -0.383. The number of nitro groups is 1. The molecule has 3 N–H and O–H groups in total. The maximum Gasteiger partial charge on any atom is 0.315 e. The molecule has 1 aromatic rings. The van der Waals surface area contributed by atoms with Gasteiger partial charge in [-0.05, 0) is 25.0 Å².